The Morgan fingerprint density at radius 3 is 2.62 bits per heavy atom. The molecular weight excluding hydrogens is 162 g/mol. The van der Waals surface area contributed by atoms with Crippen LogP contribution >= 0.6 is 0 Å². The van der Waals surface area contributed by atoms with Gasteiger partial charge in [0.05, 0.1) is 0 Å². The highest BCUT2D eigenvalue weighted by Gasteiger charge is 2.21. The SMILES string of the molecule is CCCc1cnc(NC2CC2)nc1. The smallest absolute Gasteiger partial charge is 0.222 e. The van der Waals surface area contributed by atoms with Crippen LogP contribution in [0.4, 0.5) is 5.95 Å². The Labute approximate surface area is 78.6 Å². The minimum Gasteiger partial charge on any atom is -0.351 e. The number of nitrogens with zero attached hydrogens (tertiary/aromatic N) is 2. The lowest BCUT2D eigenvalue weighted by atomic mass is 10.2. The molecule has 3 heteroatoms. The van der Waals surface area contributed by atoms with Crippen LogP contribution in [-0.4, -0.2) is 16.0 Å². The second-order valence-corrected chi connectivity index (χ2v) is 3.58. The molecule has 1 aromatic rings. The highest BCUT2D eigenvalue weighted by molar-refractivity contribution is 5.28. The Bertz CT molecular complexity index is 264. The summed E-state index contributed by atoms with van der Waals surface area (Å²) in [7, 11) is 0. The van der Waals surface area contributed by atoms with E-state index in [2.05, 4.69) is 22.2 Å². The third-order valence-corrected chi connectivity index (χ3v) is 2.15. The number of nitrogens with one attached hydrogen (secondary N) is 1. The molecule has 0 spiro atoms. The molecule has 0 aromatic carbocycles. The monoisotopic (exact) mass is 177 g/mol. The topological polar surface area (TPSA) is 37.8 Å². The molecule has 1 aliphatic carbocycles. The Balaban J connectivity index is 1.95. The predicted molar refractivity (Wildman–Crippen MR) is 52.7 cm³/mol. The zero-order chi connectivity index (χ0) is 9.10. The van der Waals surface area contributed by atoms with Gasteiger partial charge in [-0.2, -0.15) is 0 Å². The van der Waals surface area contributed by atoms with E-state index in [0.29, 0.717) is 6.04 Å². The number of aromatic nitrogens is 2. The molecule has 0 bridgehead atoms. The van der Waals surface area contributed by atoms with Crippen molar-refractivity contribution >= 4 is 5.95 Å². The van der Waals surface area contributed by atoms with Gasteiger partial charge in [0, 0.05) is 18.4 Å². The first kappa shape index (κ1) is 8.48. The molecule has 0 aliphatic heterocycles. The van der Waals surface area contributed by atoms with Crippen LogP contribution in [0.3, 0.4) is 0 Å². The van der Waals surface area contributed by atoms with Crippen molar-refractivity contribution in [1.82, 2.24) is 9.97 Å². The first-order valence-corrected chi connectivity index (χ1v) is 4.96. The number of hydrogen-bond acceptors (Lipinski definition) is 3. The Morgan fingerprint density at radius 1 is 1.38 bits per heavy atom. The summed E-state index contributed by atoms with van der Waals surface area (Å²) in [6.45, 7) is 2.16. The van der Waals surface area contributed by atoms with Gasteiger partial charge in [-0.05, 0) is 24.8 Å². The van der Waals surface area contributed by atoms with Gasteiger partial charge in [0.25, 0.3) is 0 Å². The standard InChI is InChI=1S/C10H15N3/c1-2-3-8-6-11-10(12-7-8)13-9-4-5-9/h6-7,9H,2-5H2,1H3,(H,11,12,13). The fourth-order valence-corrected chi connectivity index (χ4v) is 1.26. The summed E-state index contributed by atoms with van der Waals surface area (Å²) in [5.74, 6) is 0.780. The summed E-state index contributed by atoms with van der Waals surface area (Å²) in [6, 6.07) is 0.636. The van der Waals surface area contributed by atoms with Gasteiger partial charge in [-0.25, -0.2) is 9.97 Å². The Hall–Kier alpha value is -1.12. The van der Waals surface area contributed by atoms with E-state index in [1.807, 2.05) is 12.4 Å². The van der Waals surface area contributed by atoms with Gasteiger partial charge in [0.2, 0.25) is 5.95 Å². The van der Waals surface area contributed by atoms with Gasteiger partial charge < -0.3 is 5.32 Å². The van der Waals surface area contributed by atoms with Crippen molar-refractivity contribution in [3.63, 3.8) is 0 Å². The normalized spacial score (nSPS) is 15.8. The van der Waals surface area contributed by atoms with Gasteiger partial charge in [0.1, 0.15) is 0 Å². The van der Waals surface area contributed by atoms with Crippen LogP contribution in [0.1, 0.15) is 31.7 Å². The van der Waals surface area contributed by atoms with Gasteiger partial charge >= 0.3 is 0 Å². The van der Waals surface area contributed by atoms with Crippen molar-refractivity contribution in [2.75, 3.05) is 5.32 Å². The van der Waals surface area contributed by atoms with Crippen molar-refractivity contribution in [3.05, 3.63) is 18.0 Å². The zero-order valence-electron chi connectivity index (χ0n) is 7.95. The quantitative estimate of drug-likeness (QED) is 0.764. The van der Waals surface area contributed by atoms with E-state index in [1.54, 1.807) is 0 Å². The summed E-state index contributed by atoms with van der Waals surface area (Å²) in [4.78, 5) is 8.51. The molecule has 70 valence electrons. The van der Waals surface area contributed by atoms with E-state index >= 15 is 0 Å². The van der Waals surface area contributed by atoms with Crippen molar-refractivity contribution in [2.45, 2.75) is 38.6 Å². The highest BCUT2D eigenvalue weighted by Crippen LogP contribution is 2.22. The highest BCUT2D eigenvalue weighted by atomic mass is 15.1. The van der Waals surface area contributed by atoms with Crippen molar-refractivity contribution in [3.8, 4) is 0 Å². The van der Waals surface area contributed by atoms with Crippen LogP contribution in [-0.2, 0) is 6.42 Å². The summed E-state index contributed by atoms with van der Waals surface area (Å²) >= 11 is 0. The molecule has 2 rings (SSSR count). The number of anilines is 1. The number of hydrogen-bond donors (Lipinski definition) is 1. The minimum atomic E-state index is 0.636. The second-order valence-electron chi connectivity index (χ2n) is 3.58. The molecule has 0 atom stereocenters. The van der Waals surface area contributed by atoms with Crippen molar-refractivity contribution in [1.29, 1.82) is 0 Å². The predicted octanol–water partition coefficient (Wildman–Crippen LogP) is 2.00. The van der Waals surface area contributed by atoms with Crippen LogP contribution in [0.5, 0.6) is 0 Å². The van der Waals surface area contributed by atoms with Crippen LogP contribution < -0.4 is 5.32 Å². The molecule has 1 aliphatic rings. The molecule has 1 N–H and O–H groups in total. The fourth-order valence-electron chi connectivity index (χ4n) is 1.26. The Morgan fingerprint density at radius 2 is 2.08 bits per heavy atom. The molecule has 3 nitrogen and oxygen atoms in total. The average molecular weight is 177 g/mol. The maximum absolute atomic E-state index is 4.26. The van der Waals surface area contributed by atoms with Crippen LogP contribution in [0, 0.1) is 0 Å². The van der Waals surface area contributed by atoms with Crippen molar-refractivity contribution in [2.24, 2.45) is 0 Å². The third kappa shape index (κ3) is 2.41. The Kier molecular flexibility index (Phi) is 2.43. The average Bonchev–Trinajstić information content (AvgIpc) is 2.93. The molecule has 13 heavy (non-hydrogen) atoms. The van der Waals surface area contributed by atoms with Crippen LogP contribution in [0.25, 0.3) is 0 Å². The zero-order valence-corrected chi connectivity index (χ0v) is 7.95. The van der Waals surface area contributed by atoms with E-state index in [-0.39, 0.29) is 0 Å². The molecule has 1 aromatic heterocycles. The molecule has 0 amide bonds. The molecular formula is C10H15N3. The van der Waals surface area contributed by atoms with E-state index in [4.69, 9.17) is 0 Å². The largest absolute Gasteiger partial charge is 0.351 e. The number of rotatable bonds is 4. The summed E-state index contributed by atoms with van der Waals surface area (Å²) < 4.78 is 0. The van der Waals surface area contributed by atoms with Gasteiger partial charge in [-0.15, -0.1) is 0 Å². The first-order valence-electron chi connectivity index (χ1n) is 4.96. The van der Waals surface area contributed by atoms with Crippen molar-refractivity contribution < 1.29 is 0 Å². The maximum Gasteiger partial charge on any atom is 0.222 e. The van der Waals surface area contributed by atoms with Gasteiger partial charge in [0.15, 0.2) is 0 Å². The van der Waals surface area contributed by atoms with E-state index < -0.39 is 0 Å². The molecule has 0 radical (unpaired) electrons. The lowest BCUT2D eigenvalue weighted by Gasteiger charge is -2.02. The molecule has 1 saturated carbocycles. The van der Waals surface area contributed by atoms with Crippen LogP contribution in [0.15, 0.2) is 12.4 Å². The lowest BCUT2D eigenvalue weighted by molar-refractivity contribution is 0.898. The molecule has 1 fully saturated rings. The van der Waals surface area contributed by atoms with Gasteiger partial charge in [-0.1, -0.05) is 13.3 Å². The third-order valence-electron chi connectivity index (χ3n) is 2.15. The minimum absolute atomic E-state index is 0.636. The lowest BCUT2D eigenvalue weighted by Crippen LogP contribution is -2.05. The van der Waals surface area contributed by atoms with E-state index in [1.165, 1.54) is 18.4 Å². The van der Waals surface area contributed by atoms with Gasteiger partial charge in [-0.3, -0.25) is 0 Å². The summed E-state index contributed by atoms with van der Waals surface area (Å²) in [6.07, 6.45) is 8.59. The van der Waals surface area contributed by atoms with Crippen LogP contribution in [0.2, 0.25) is 0 Å². The maximum atomic E-state index is 4.26. The second kappa shape index (κ2) is 3.73. The summed E-state index contributed by atoms with van der Waals surface area (Å²) in [5, 5.41) is 3.26. The first-order chi connectivity index (χ1) is 6.38. The van der Waals surface area contributed by atoms with E-state index in [0.717, 1.165) is 18.8 Å². The molecule has 1 heterocycles. The molecule has 0 saturated heterocycles. The van der Waals surface area contributed by atoms with E-state index in [9.17, 15) is 0 Å². The summed E-state index contributed by atoms with van der Waals surface area (Å²) in [5.41, 5.74) is 1.23. The number of aryl methyl sites for hydroxylation is 1. The fraction of sp³-hybridized carbons (Fsp3) is 0.600. The molecule has 0 unspecified atom stereocenters.